The van der Waals surface area contributed by atoms with Crippen molar-refractivity contribution in [2.45, 2.75) is 26.3 Å². The van der Waals surface area contributed by atoms with E-state index in [2.05, 4.69) is 5.32 Å². The molecule has 0 unspecified atom stereocenters. The van der Waals surface area contributed by atoms with Crippen molar-refractivity contribution in [1.82, 2.24) is 5.32 Å². The number of hydrogen-bond donors (Lipinski definition) is 3. The first-order chi connectivity index (χ1) is 3.42. The summed E-state index contributed by atoms with van der Waals surface area (Å²) in [6, 6.07) is 0. The molecule has 0 saturated carbocycles. The lowest BCUT2D eigenvalue weighted by Crippen LogP contribution is -2.44. The Kier molecular flexibility index (Phi) is 5.12. The average Bonchev–Trinajstić information content (AvgIpc) is 1.21. The standard InChI is InChI=1S/C5H13N3.HI/c1-5(2,3)8-4(6)7;/h1-3H3,(H4,6,7,8);1H. The Balaban J connectivity index is 0. The third-order valence-electron chi connectivity index (χ3n) is 0.510. The number of guanidine groups is 1. The van der Waals surface area contributed by atoms with Crippen molar-refractivity contribution in [3.8, 4) is 0 Å². The minimum Gasteiger partial charge on any atom is -0.370 e. The monoisotopic (exact) mass is 243 g/mol. The number of nitrogens with two attached hydrogens (primary N) is 1. The van der Waals surface area contributed by atoms with Crippen molar-refractivity contribution < 1.29 is 0 Å². The Bertz CT molecular complexity index is 94.9. The zero-order chi connectivity index (χ0) is 6.78. The predicted molar refractivity (Wildman–Crippen MR) is 50.2 cm³/mol. The highest BCUT2D eigenvalue weighted by Gasteiger charge is 2.07. The van der Waals surface area contributed by atoms with Gasteiger partial charge in [-0.15, -0.1) is 24.0 Å². The Morgan fingerprint density at radius 2 is 1.78 bits per heavy atom. The zero-order valence-corrected chi connectivity index (χ0v) is 8.32. The Morgan fingerprint density at radius 1 is 1.44 bits per heavy atom. The molecule has 0 aromatic rings. The predicted octanol–water partition coefficient (Wildman–Crippen LogP) is 0.886. The fraction of sp³-hybridized carbons (Fsp3) is 0.800. The molecule has 9 heavy (non-hydrogen) atoms. The van der Waals surface area contributed by atoms with E-state index in [0.717, 1.165) is 0 Å². The van der Waals surface area contributed by atoms with Gasteiger partial charge in [-0.05, 0) is 20.8 Å². The van der Waals surface area contributed by atoms with E-state index >= 15 is 0 Å². The second kappa shape index (κ2) is 3.92. The summed E-state index contributed by atoms with van der Waals surface area (Å²) in [4.78, 5) is 0. The van der Waals surface area contributed by atoms with Crippen molar-refractivity contribution in [3.63, 3.8) is 0 Å². The molecule has 0 aliphatic rings. The van der Waals surface area contributed by atoms with Crippen LogP contribution in [0.3, 0.4) is 0 Å². The topological polar surface area (TPSA) is 61.9 Å². The van der Waals surface area contributed by atoms with Gasteiger partial charge < -0.3 is 11.1 Å². The normalized spacial score (nSPS) is 9.67. The number of nitrogens with one attached hydrogen (secondary N) is 2. The lowest BCUT2D eigenvalue weighted by Gasteiger charge is -2.19. The van der Waals surface area contributed by atoms with Gasteiger partial charge >= 0.3 is 0 Å². The first-order valence-electron chi connectivity index (χ1n) is 2.54. The quantitative estimate of drug-likeness (QED) is 0.336. The highest BCUT2D eigenvalue weighted by Crippen LogP contribution is 1.95. The summed E-state index contributed by atoms with van der Waals surface area (Å²) in [6.07, 6.45) is 0. The van der Waals surface area contributed by atoms with Crippen molar-refractivity contribution in [1.29, 1.82) is 5.41 Å². The molecule has 3 nitrogen and oxygen atoms in total. The maximum Gasteiger partial charge on any atom is 0.186 e. The second-order valence-electron chi connectivity index (χ2n) is 2.79. The molecule has 4 N–H and O–H groups in total. The van der Waals surface area contributed by atoms with E-state index in [9.17, 15) is 0 Å². The molecular weight excluding hydrogens is 229 g/mol. The van der Waals surface area contributed by atoms with Crippen molar-refractivity contribution in [3.05, 3.63) is 0 Å². The molecule has 0 radical (unpaired) electrons. The third kappa shape index (κ3) is 11.5. The first kappa shape index (κ1) is 11.8. The molecule has 56 valence electrons. The van der Waals surface area contributed by atoms with Crippen molar-refractivity contribution in [2.24, 2.45) is 5.73 Å². The van der Waals surface area contributed by atoms with Crippen LogP contribution >= 0.6 is 24.0 Å². The molecule has 0 aromatic heterocycles. The highest BCUT2D eigenvalue weighted by atomic mass is 127. The van der Waals surface area contributed by atoms with Crippen LogP contribution in [0.4, 0.5) is 0 Å². The van der Waals surface area contributed by atoms with Gasteiger partial charge in [0, 0.05) is 5.54 Å². The van der Waals surface area contributed by atoms with Gasteiger partial charge in [0.05, 0.1) is 0 Å². The summed E-state index contributed by atoms with van der Waals surface area (Å²) in [7, 11) is 0. The van der Waals surface area contributed by atoms with Crippen LogP contribution in [0.25, 0.3) is 0 Å². The van der Waals surface area contributed by atoms with E-state index < -0.39 is 0 Å². The molecule has 0 rings (SSSR count). The van der Waals surface area contributed by atoms with Crippen LogP contribution in [0.15, 0.2) is 0 Å². The van der Waals surface area contributed by atoms with Gasteiger partial charge in [0.1, 0.15) is 0 Å². The molecule has 0 aromatic carbocycles. The van der Waals surface area contributed by atoms with Crippen LogP contribution < -0.4 is 11.1 Å². The maximum atomic E-state index is 6.82. The number of halogens is 1. The van der Waals surface area contributed by atoms with Gasteiger partial charge in [0.25, 0.3) is 0 Å². The Hall–Kier alpha value is 0. The molecule has 0 spiro atoms. The molecule has 0 fully saturated rings. The molecule has 0 bridgehead atoms. The molecule has 0 heterocycles. The smallest absolute Gasteiger partial charge is 0.186 e. The van der Waals surface area contributed by atoms with Crippen LogP contribution in [0.1, 0.15) is 20.8 Å². The summed E-state index contributed by atoms with van der Waals surface area (Å²) < 4.78 is 0. The molecule has 0 amide bonds. The summed E-state index contributed by atoms with van der Waals surface area (Å²) in [6.45, 7) is 5.86. The summed E-state index contributed by atoms with van der Waals surface area (Å²) >= 11 is 0. The first-order valence-corrected chi connectivity index (χ1v) is 2.54. The van der Waals surface area contributed by atoms with Crippen LogP contribution in [0.5, 0.6) is 0 Å². The number of hydrogen-bond acceptors (Lipinski definition) is 1. The van der Waals surface area contributed by atoms with Crippen LogP contribution in [-0.2, 0) is 0 Å². The van der Waals surface area contributed by atoms with Gasteiger partial charge in [-0.3, -0.25) is 5.41 Å². The third-order valence-corrected chi connectivity index (χ3v) is 0.510. The van der Waals surface area contributed by atoms with Crippen molar-refractivity contribution >= 4 is 29.9 Å². The summed E-state index contributed by atoms with van der Waals surface area (Å²) in [5.41, 5.74) is 4.97. The molecule has 0 saturated heterocycles. The molecule has 0 aliphatic carbocycles. The van der Waals surface area contributed by atoms with E-state index in [4.69, 9.17) is 11.1 Å². The van der Waals surface area contributed by atoms with E-state index in [1.165, 1.54) is 0 Å². The van der Waals surface area contributed by atoms with Gasteiger partial charge in [0.2, 0.25) is 0 Å². The average molecular weight is 243 g/mol. The SMILES string of the molecule is CC(C)(C)NC(=N)N.I. The second-order valence-corrected chi connectivity index (χ2v) is 2.79. The van der Waals surface area contributed by atoms with E-state index in [1.54, 1.807) is 0 Å². The van der Waals surface area contributed by atoms with E-state index in [-0.39, 0.29) is 35.5 Å². The number of rotatable bonds is 0. The zero-order valence-electron chi connectivity index (χ0n) is 5.99. The van der Waals surface area contributed by atoms with Gasteiger partial charge in [-0.25, -0.2) is 0 Å². The van der Waals surface area contributed by atoms with Gasteiger partial charge in [-0.2, -0.15) is 0 Å². The van der Waals surface area contributed by atoms with Gasteiger partial charge in [0.15, 0.2) is 5.96 Å². The Morgan fingerprint density at radius 3 is 1.78 bits per heavy atom. The fourth-order valence-electron chi connectivity index (χ4n) is 0.404. The minimum atomic E-state index is -0.0775. The maximum absolute atomic E-state index is 6.82. The highest BCUT2D eigenvalue weighted by molar-refractivity contribution is 14.0. The summed E-state index contributed by atoms with van der Waals surface area (Å²) in [5.74, 6) is 0.0255. The molecule has 4 heteroatoms. The molecular formula is C5H14IN3. The lowest BCUT2D eigenvalue weighted by atomic mass is 10.1. The fourth-order valence-corrected chi connectivity index (χ4v) is 0.404. The van der Waals surface area contributed by atoms with Crippen LogP contribution in [-0.4, -0.2) is 11.5 Å². The van der Waals surface area contributed by atoms with Crippen LogP contribution in [0.2, 0.25) is 0 Å². The van der Waals surface area contributed by atoms with Crippen LogP contribution in [0, 0.1) is 5.41 Å². The lowest BCUT2D eigenvalue weighted by molar-refractivity contribution is 0.508. The van der Waals surface area contributed by atoms with Gasteiger partial charge in [-0.1, -0.05) is 0 Å². The van der Waals surface area contributed by atoms with E-state index in [0.29, 0.717) is 0 Å². The largest absolute Gasteiger partial charge is 0.370 e. The minimum absolute atomic E-state index is 0. The van der Waals surface area contributed by atoms with E-state index in [1.807, 2.05) is 20.8 Å². The Labute approximate surface area is 72.9 Å². The summed E-state index contributed by atoms with van der Waals surface area (Å²) in [5, 5.41) is 9.56. The molecule has 0 aliphatic heterocycles. The molecule has 0 atom stereocenters. The van der Waals surface area contributed by atoms with Crippen molar-refractivity contribution in [2.75, 3.05) is 0 Å².